The molecule has 164 valence electrons. The van der Waals surface area contributed by atoms with E-state index in [9.17, 15) is 0 Å². The van der Waals surface area contributed by atoms with Gasteiger partial charge in [-0.25, -0.2) is 0 Å². The summed E-state index contributed by atoms with van der Waals surface area (Å²) in [6.45, 7) is 6.96. The quantitative estimate of drug-likeness (QED) is 0.370. The fourth-order valence-corrected chi connectivity index (χ4v) is 4.11. The van der Waals surface area contributed by atoms with Gasteiger partial charge in [-0.15, -0.1) is 0 Å². The summed E-state index contributed by atoms with van der Waals surface area (Å²) < 4.78 is 0. The molecule has 0 aromatic heterocycles. The topological polar surface area (TPSA) is 6.02 Å². The van der Waals surface area contributed by atoms with E-state index in [1.165, 1.54) is 23.2 Å². The van der Waals surface area contributed by atoms with Crippen molar-refractivity contribution in [3.8, 4) is 0 Å². The van der Waals surface area contributed by atoms with Gasteiger partial charge in [0, 0.05) is 25.2 Å². The largest absolute Gasteiger partial charge is 0.301 e. The number of likely N-dealkylation sites (N-methyl/N-ethyl adjacent to an activating group) is 1. The van der Waals surface area contributed by atoms with Gasteiger partial charge in [-0.05, 0) is 50.1 Å². The minimum atomic E-state index is -0.205. The maximum Gasteiger partial charge on any atom is 0.0976 e. The van der Waals surface area contributed by atoms with Gasteiger partial charge in [0.15, 0.2) is 0 Å². The van der Waals surface area contributed by atoms with E-state index in [2.05, 4.69) is 122 Å². The summed E-state index contributed by atoms with van der Waals surface area (Å²) in [6, 6.07) is 34.1. The lowest BCUT2D eigenvalue weighted by Gasteiger charge is -2.38. The zero-order valence-electron chi connectivity index (χ0n) is 19.5. The minimum absolute atomic E-state index is 0.205. The van der Waals surface area contributed by atoms with Gasteiger partial charge < -0.3 is 4.90 Å². The maximum atomic E-state index is 2.59. The molecule has 4 atom stereocenters. The Morgan fingerprint density at radius 2 is 0.903 bits per heavy atom. The smallest absolute Gasteiger partial charge is 0.0976 e. The molecule has 2 nitrogen and oxygen atoms in total. The summed E-state index contributed by atoms with van der Waals surface area (Å²) in [5, 5.41) is 0. The average Bonchev–Trinajstić information content (AvgIpc) is 3.71. The average molecular weight is 433 g/mol. The lowest BCUT2D eigenvalue weighted by atomic mass is 9.76. The Kier molecular flexibility index (Phi) is 8.36. The van der Waals surface area contributed by atoms with E-state index in [1.54, 1.807) is 11.8 Å². The second kappa shape index (κ2) is 11.0. The van der Waals surface area contributed by atoms with E-state index in [0.717, 1.165) is 12.6 Å². The highest BCUT2D eigenvalue weighted by Crippen LogP contribution is 2.47. The molecule has 4 unspecified atom stereocenters. The molecular weight excluding hydrogens is 396 g/mol. The lowest BCUT2D eigenvalue weighted by molar-refractivity contribution is 0.326. The van der Waals surface area contributed by atoms with Crippen LogP contribution in [0.2, 0.25) is 0 Å². The van der Waals surface area contributed by atoms with Crippen LogP contribution in [0.4, 0.5) is 0 Å². The second-order valence-electron chi connectivity index (χ2n) is 8.51. The Balaban J connectivity index is 0.000000290. The Morgan fingerprint density at radius 3 is 1.10 bits per heavy atom. The molecule has 2 fully saturated rings. The number of hydrogen-bond acceptors (Lipinski definition) is 3. The van der Waals surface area contributed by atoms with Crippen molar-refractivity contribution in [1.82, 2.24) is 9.80 Å². The van der Waals surface area contributed by atoms with Gasteiger partial charge in [-0.3, -0.25) is 4.90 Å². The van der Waals surface area contributed by atoms with Crippen LogP contribution in [0.3, 0.4) is 0 Å². The van der Waals surface area contributed by atoms with Crippen LogP contribution in [-0.4, -0.2) is 54.5 Å². The summed E-state index contributed by atoms with van der Waals surface area (Å²) in [5.41, 5.74) is 3.80. The van der Waals surface area contributed by atoms with E-state index < -0.39 is 0 Å². The number of nitrogens with zero attached hydrogens (tertiary/aromatic N) is 2. The maximum absolute atomic E-state index is 2.59. The summed E-state index contributed by atoms with van der Waals surface area (Å²) in [7, 11) is 2.13. The van der Waals surface area contributed by atoms with Crippen LogP contribution in [0.15, 0.2) is 91.0 Å². The summed E-state index contributed by atoms with van der Waals surface area (Å²) in [6.07, 6.45) is 4.08. The van der Waals surface area contributed by atoms with Crippen molar-refractivity contribution < 1.29 is 0 Å². The van der Waals surface area contributed by atoms with Gasteiger partial charge in [-0.1, -0.05) is 91.0 Å². The normalized spacial score (nSPS) is 23.5. The number of rotatable bonds is 4. The first kappa shape index (κ1) is 23.6. The Bertz CT molecular complexity index is 795. The highest BCUT2D eigenvalue weighted by atomic mass is 32.2. The molecule has 0 spiro atoms. The highest BCUT2D eigenvalue weighted by molar-refractivity contribution is 7.97. The molecule has 3 heteroatoms. The second-order valence-corrected chi connectivity index (χ2v) is 9.32. The van der Waals surface area contributed by atoms with Crippen LogP contribution in [-0.2, 0) is 5.54 Å². The monoisotopic (exact) mass is 432 g/mol. The van der Waals surface area contributed by atoms with Crippen molar-refractivity contribution in [3.63, 3.8) is 0 Å². The number of benzene rings is 3. The summed E-state index contributed by atoms with van der Waals surface area (Å²) in [5.74, 6) is 0. The summed E-state index contributed by atoms with van der Waals surface area (Å²) in [4.78, 5) is 4.88. The molecule has 2 aliphatic rings. The van der Waals surface area contributed by atoms with E-state index in [-0.39, 0.29) is 5.54 Å². The van der Waals surface area contributed by atoms with Crippen LogP contribution in [0, 0.1) is 0 Å². The molecule has 0 radical (unpaired) electrons. The zero-order valence-corrected chi connectivity index (χ0v) is 20.3. The number of thioether (sulfide) groups is 1. The molecular formula is C28H36N2S. The molecule has 2 aliphatic heterocycles. The van der Waals surface area contributed by atoms with Gasteiger partial charge in [0.1, 0.15) is 0 Å². The molecule has 0 aliphatic carbocycles. The van der Waals surface area contributed by atoms with Gasteiger partial charge >= 0.3 is 0 Å². The van der Waals surface area contributed by atoms with Crippen molar-refractivity contribution in [2.45, 2.75) is 31.5 Å². The first-order valence-corrected chi connectivity index (χ1v) is 12.7. The first-order chi connectivity index (χ1) is 15.1. The molecule has 3 aromatic rings. The Hall–Kier alpha value is -2.07. The molecule has 0 saturated carbocycles. The van der Waals surface area contributed by atoms with Crippen LogP contribution >= 0.6 is 11.8 Å². The van der Waals surface area contributed by atoms with Gasteiger partial charge in [0.2, 0.25) is 0 Å². The lowest BCUT2D eigenvalue weighted by Crippen LogP contribution is -2.38. The molecule has 2 saturated heterocycles. The zero-order chi connectivity index (χ0) is 22.3. The predicted molar refractivity (Wildman–Crippen MR) is 137 cm³/mol. The van der Waals surface area contributed by atoms with Crippen LogP contribution in [0.5, 0.6) is 0 Å². The van der Waals surface area contributed by atoms with Gasteiger partial charge in [-0.2, -0.15) is 11.8 Å². The highest BCUT2D eigenvalue weighted by Gasteiger charge is 2.51. The molecule has 0 bridgehead atoms. The molecule has 3 aromatic carbocycles. The standard InChI is InChI=1S/C22H21N.C4H9N.C2H6S/c1-18-17-23(18)22(19-11-5-2-6-12-19,20-13-7-3-8-14-20)21-15-9-4-10-16-21;1-4-3-5(4)2;1-3-2/h2-16,18H,17H2,1H3;4H,3H2,1-2H3;1-2H3. The van der Waals surface area contributed by atoms with Crippen LogP contribution in [0.1, 0.15) is 30.5 Å². The van der Waals surface area contributed by atoms with Crippen molar-refractivity contribution in [2.75, 3.05) is 32.6 Å². The number of hydrogen-bond donors (Lipinski definition) is 0. The first-order valence-electron chi connectivity index (χ1n) is 11.1. The molecule has 2 heterocycles. The van der Waals surface area contributed by atoms with Crippen molar-refractivity contribution >= 4 is 11.8 Å². The summed E-state index contributed by atoms with van der Waals surface area (Å²) >= 11 is 1.75. The third kappa shape index (κ3) is 5.60. The Labute approximate surface area is 193 Å². The van der Waals surface area contributed by atoms with E-state index >= 15 is 0 Å². The van der Waals surface area contributed by atoms with Crippen molar-refractivity contribution in [2.24, 2.45) is 0 Å². The van der Waals surface area contributed by atoms with Crippen LogP contribution < -0.4 is 0 Å². The van der Waals surface area contributed by atoms with Gasteiger partial charge in [0.25, 0.3) is 0 Å². The fraction of sp³-hybridized carbons (Fsp3) is 0.357. The van der Waals surface area contributed by atoms with E-state index in [1.807, 2.05) is 12.5 Å². The fourth-order valence-electron chi connectivity index (χ4n) is 4.11. The van der Waals surface area contributed by atoms with Gasteiger partial charge in [0.05, 0.1) is 5.54 Å². The predicted octanol–water partition coefficient (Wildman–Crippen LogP) is 5.98. The Morgan fingerprint density at radius 1 is 0.645 bits per heavy atom. The SMILES string of the molecule is CC1CN1C.CC1CN1C(c1ccccc1)(c1ccccc1)c1ccccc1.CSC. The van der Waals surface area contributed by atoms with Crippen LogP contribution in [0.25, 0.3) is 0 Å². The molecule has 0 N–H and O–H groups in total. The van der Waals surface area contributed by atoms with E-state index in [0.29, 0.717) is 6.04 Å². The third-order valence-corrected chi connectivity index (χ3v) is 6.04. The molecule has 0 amide bonds. The molecule has 5 rings (SSSR count). The van der Waals surface area contributed by atoms with E-state index in [4.69, 9.17) is 0 Å². The molecule has 31 heavy (non-hydrogen) atoms. The van der Waals surface area contributed by atoms with Crippen molar-refractivity contribution in [1.29, 1.82) is 0 Å². The third-order valence-electron chi connectivity index (χ3n) is 6.04. The van der Waals surface area contributed by atoms with Crippen molar-refractivity contribution in [3.05, 3.63) is 108 Å². The minimum Gasteiger partial charge on any atom is -0.301 e.